The Kier molecular flexibility index (Phi) is 6.67. The molecular formula is C31H38N4O5S. The normalized spacial score (nSPS) is 35.5. The molecule has 0 bridgehead atoms. The van der Waals surface area contributed by atoms with E-state index in [1.54, 1.807) is 23.3 Å². The number of hydrogen-bond acceptors (Lipinski definition) is 9. The lowest BCUT2D eigenvalue weighted by molar-refractivity contribution is -0.171. The maximum atomic E-state index is 13.3. The first-order chi connectivity index (χ1) is 19.7. The molecule has 0 unspecified atom stereocenters. The van der Waals surface area contributed by atoms with Crippen molar-refractivity contribution in [2.24, 2.45) is 34.5 Å². The van der Waals surface area contributed by atoms with Gasteiger partial charge in [0.2, 0.25) is 5.12 Å². The summed E-state index contributed by atoms with van der Waals surface area (Å²) in [5, 5.41) is 25.8. The number of aliphatic hydroxyl groups excluding tert-OH is 2. The van der Waals surface area contributed by atoms with Gasteiger partial charge < -0.3 is 14.9 Å². The number of ether oxygens (including phenoxy) is 1. The number of allylic oxidation sites excluding steroid dienone is 1. The molecule has 2 heterocycles. The fraction of sp³-hybridized carbons (Fsp3) is 0.645. The highest BCUT2D eigenvalue weighted by atomic mass is 32.2. The smallest absolute Gasteiger partial charge is 0.309 e. The summed E-state index contributed by atoms with van der Waals surface area (Å²) in [6.45, 7) is 4.42. The highest BCUT2D eigenvalue weighted by Crippen LogP contribution is 2.66. The van der Waals surface area contributed by atoms with E-state index in [-0.39, 0.29) is 46.5 Å². The third-order valence-corrected chi connectivity index (χ3v) is 11.8. The topological polar surface area (TPSA) is 127 Å². The molecule has 7 atom stereocenters. The van der Waals surface area contributed by atoms with E-state index in [9.17, 15) is 19.8 Å². The van der Waals surface area contributed by atoms with Crippen molar-refractivity contribution in [2.45, 2.75) is 77.4 Å². The van der Waals surface area contributed by atoms with E-state index < -0.39 is 6.10 Å². The van der Waals surface area contributed by atoms with Crippen molar-refractivity contribution in [2.75, 3.05) is 12.4 Å². The van der Waals surface area contributed by atoms with Gasteiger partial charge in [0.25, 0.3) is 0 Å². The van der Waals surface area contributed by atoms with Crippen LogP contribution in [0.2, 0.25) is 0 Å². The first-order valence-corrected chi connectivity index (χ1v) is 16.0. The Bertz CT molecular complexity index is 1410. The molecule has 0 radical (unpaired) electrons. The largest absolute Gasteiger partial charge is 0.462 e. The highest BCUT2D eigenvalue weighted by Gasteiger charge is 2.63. The van der Waals surface area contributed by atoms with Crippen LogP contribution in [0.1, 0.15) is 80.5 Å². The molecule has 5 aliphatic carbocycles. The molecule has 0 amide bonds. The van der Waals surface area contributed by atoms with Gasteiger partial charge in [-0.1, -0.05) is 31.2 Å². The minimum absolute atomic E-state index is 0.0412. The fourth-order valence-corrected chi connectivity index (χ4v) is 9.49. The van der Waals surface area contributed by atoms with Crippen LogP contribution in [-0.2, 0) is 16.0 Å². The predicted molar refractivity (Wildman–Crippen MR) is 153 cm³/mol. The highest BCUT2D eigenvalue weighted by molar-refractivity contribution is 8.14. The number of carbonyl (C=O) groups is 2. The lowest BCUT2D eigenvalue weighted by Crippen LogP contribution is -2.57. The molecule has 10 heteroatoms. The molecule has 9 nitrogen and oxygen atoms in total. The maximum absolute atomic E-state index is 13.3. The first kappa shape index (κ1) is 27.3. The van der Waals surface area contributed by atoms with E-state index in [0.717, 1.165) is 61.5 Å². The summed E-state index contributed by atoms with van der Waals surface area (Å²) >= 11 is 1.07. The number of esters is 1. The molecule has 2 N–H and O–H groups in total. The second kappa shape index (κ2) is 10.0. The van der Waals surface area contributed by atoms with Crippen molar-refractivity contribution in [3.8, 4) is 5.82 Å². The van der Waals surface area contributed by atoms with E-state index in [4.69, 9.17) is 9.84 Å². The van der Waals surface area contributed by atoms with Crippen LogP contribution in [0.3, 0.4) is 0 Å². The van der Waals surface area contributed by atoms with Crippen LogP contribution in [0.25, 0.3) is 11.9 Å². The van der Waals surface area contributed by atoms with Crippen LogP contribution in [-0.4, -0.2) is 65.6 Å². The van der Waals surface area contributed by atoms with Gasteiger partial charge in [-0.15, -0.1) is 0 Å². The van der Waals surface area contributed by atoms with Crippen molar-refractivity contribution in [1.29, 1.82) is 0 Å². The number of rotatable bonds is 6. The Morgan fingerprint density at radius 2 is 2.00 bits per heavy atom. The summed E-state index contributed by atoms with van der Waals surface area (Å²) in [6, 6.07) is 0. The first-order valence-electron chi connectivity index (χ1n) is 15.0. The molecule has 2 aromatic rings. The van der Waals surface area contributed by atoms with Crippen molar-refractivity contribution in [3.63, 3.8) is 0 Å². The van der Waals surface area contributed by atoms with Gasteiger partial charge in [0.1, 0.15) is 11.8 Å². The second-order valence-corrected chi connectivity index (χ2v) is 14.3. The van der Waals surface area contributed by atoms with Crippen LogP contribution in [0.4, 0.5) is 0 Å². The molecule has 5 aliphatic rings. The van der Waals surface area contributed by atoms with Crippen molar-refractivity contribution >= 4 is 28.9 Å². The third kappa shape index (κ3) is 4.31. The lowest BCUT2D eigenvalue weighted by Gasteiger charge is -2.59. The van der Waals surface area contributed by atoms with Gasteiger partial charge >= 0.3 is 5.97 Å². The van der Waals surface area contributed by atoms with Crippen LogP contribution >= 0.6 is 11.8 Å². The van der Waals surface area contributed by atoms with Crippen molar-refractivity contribution in [1.82, 2.24) is 19.7 Å². The van der Waals surface area contributed by atoms with Gasteiger partial charge in [-0.2, -0.15) is 5.10 Å². The van der Waals surface area contributed by atoms with E-state index in [2.05, 4.69) is 29.9 Å². The molecular weight excluding hydrogens is 540 g/mol. The Labute approximate surface area is 244 Å². The number of thioether (sulfide) groups is 1. The fourth-order valence-electron chi connectivity index (χ4n) is 8.91. The summed E-state index contributed by atoms with van der Waals surface area (Å²) < 4.78 is 7.81. The Hall–Kier alpha value is -2.56. The Morgan fingerprint density at radius 3 is 2.73 bits per heavy atom. The third-order valence-electron chi connectivity index (χ3n) is 10.9. The van der Waals surface area contributed by atoms with Gasteiger partial charge in [0.05, 0.1) is 30.5 Å². The Morgan fingerprint density at radius 1 is 1.17 bits per heavy atom. The van der Waals surface area contributed by atoms with E-state index >= 15 is 0 Å². The molecule has 0 aromatic carbocycles. The zero-order valence-electron chi connectivity index (χ0n) is 23.7. The number of aromatic nitrogens is 4. The minimum atomic E-state index is -0.533. The van der Waals surface area contributed by atoms with Gasteiger partial charge in [-0.05, 0) is 80.6 Å². The summed E-state index contributed by atoms with van der Waals surface area (Å²) in [5.41, 5.74) is 2.86. The van der Waals surface area contributed by atoms with E-state index in [0.29, 0.717) is 41.9 Å². The van der Waals surface area contributed by atoms with Crippen molar-refractivity contribution in [3.05, 3.63) is 41.1 Å². The van der Waals surface area contributed by atoms with Crippen molar-refractivity contribution < 1.29 is 24.5 Å². The number of fused-ring (bicyclic) bond motifs is 6. The van der Waals surface area contributed by atoms with E-state index in [1.807, 2.05) is 0 Å². The van der Waals surface area contributed by atoms with Crippen LogP contribution in [0.5, 0.6) is 0 Å². The van der Waals surface area contributed by atoms with E-state index in [1.165, 1.54) is 5.57 Å². The number of hydrogen-bond donors (Lipinski definition) is 2. The molecule has 7 rings (SSSR count). The van der Waals surface area contributed by atoms with Gasteiger partial charge in [0.15, 0.2) is 5.82 Å². The molecule has 2 aromatic heterocycles. The zero-order valence-corrected chi connectivity index (χ0v) is 24.5. The standard InChI is InChI=1S/C31H38N4O5S/c1-30-14-20-22(35(25-16-32-9-10-33-25)34-27(20)29(39)41-12-11-36)13-18(30)5-6-19-21-7-8-24(40-28(38)17-3-4-17)31(21,2)15-23(37)26(19)30/h9-10,13,16-17,19,21,23-24,26,36-37H,3-8,11-12,14-15H2,1-2H3/t19-,21-,23-,24+,26+,30-,31-/m0/s1. The molecule has 0 aliphatic heterocycles. The molecule has 0 spiro atoms. The summed E-state index contributed by atoms with van der Waals surface area (Å²) in [4.78, 5) is 34.6. The minimum Gasteiger partial charge on any atom is -0.462 e. The number of aliphatic hydroxyl groups is 2. The van der Waals surface area contributed by atoms with Crippen LogP contribution in [0.15, 0.2) is 24.2 Å². The molecule has 4 saturated carbocycles. The number of nitrogens with zero attached hydrogens (tertiary/aromatic N) is 4. The maximum Gasteiger partial charge on any atom is 0.309 e. The predicted octanol–water partition coefficient (Wildman–Crippen LogP) is 4.00. The summed E-state index contributed by atoms with van der Waals surface area (Å²) in [7, 11) is 0. The van der Waals surface area contributed by atoms with Gasteiger partial charge in [0, 0.05) is 29.1 Å². The average Bonchev–Trinajstić information content (AvgIpc) is 3.68. The monoisotopic (exact) mass is 578 g/mol. The summed E-state index contributed by atoms with van der Waals surface area (Å²) in [6.07, 6.45) is 13.3. The molecule has 218 valence electrons. The molecule has 4 fully saturated rings. The van der Waals surface area contributed by atoms with Crippen LogP contribution < -0.4 is 0 Å². The average molecular weight is 579 g/mol. The Balaban J connectivity index is 1.24. The summed E-state index contributed by atoms with van der Waals surface area (Å²) in [5.74, 6) is 1.62. The zero-order chi connectivity index (χ0) is 28.5. The van der Waals surface area contributed by atoms with Gasteiger partial charge in [-0.25, -0.2) is 9.67 Å². The quantitative estimate of drug-likeness (QED) is 0.489. The SMILES string of the molecule is C[C@]12C[C@H](O)[C@H]3[C@@H](CCC4=Cc5c(c(C(=O)SCCO)nn5-c5cnccn5)C[C@@]43C)[C@@H]1CC[C@H]2OC(=O)C1CC1. The number of carbonyl (C=O) groups excluding carboxylic acids is 2. The molecule has 0 saturated heterocycles. The second-order valence-electron chi connectivity index (χ2n) is 13.2. The van der Waals surface area contributed by atoms with Gasteiger partial charge in [-0.3, -0.25) is 14.6 Å². The lowest BCUT2D eigenvalue weighted by atomic mass is 9.46. The van der Waals surface area contributed by atoms with Crippen LogP contribution in [0, 0.1) is 34.5 Å². The molecule has 41 heavy (non-hydrogen) atoms.